The third kappa shape index (κ3) is 6.68. The highest BCUT2D eigenvalue weighted by Gasteiger charge is 2.23. The number of rotatable bonds is 8. The molecule has 0 bridgehead atoms. The third-order valence-electron chi connectivity index (χ3n) is 4.98. The van der Waals surface area contributed by atoms with Crippen molar-refractivity contribution in [2.45, 2.75) is 33.0 Å². The maximum Gasteiger partial charge on any atom is 0.323 e. The van der Waals surface area contributed by atoms with Gasteiger partial charge in [-0.2, -0.15) is 5.26 Å². The van der Waals surface area contributed by atoms with Gasteiger partial charge in [0.15, 0.2) is 0 Å². The second kappa shape index (κ2) is 11.9. The Balaban J connectivity index is 0.00000341. The topological polar surface area (TPSA) is 62.1 Å². The van der Waals surface area contributed by atoms with Gasteiger partial charge in [0, 0.05) is 6.54 Å². The van der Waals surface area contributed by atoms with Crippen molar-refractivity contribution in [1.29, 1.82) is 5.26 Å². The molecular formula is C26H27ClN2O2. The molecule has 0 unspecified atom stereocenters. The van der Waals surface area contributed by atoms with E-state index < -0.39 is 0 Å². The molecule has 31 heavy (non-hydrogen) atoms. The molecule has 1 N–H and O–H groups in total. The standard InChI is InChI=1S/C26H26N2O2.ClH/c1-19(2)25(26(29)30-18-21-8-4-3-5-9-21)28-17-20-12-14-22(15-13-20)24-11-7-6-10-23(24)16-27;/h3-15,19,25,28H,17-18H2,1-2H3;1H/t25-;/m0./s1. The van der Waals surface area contributed by atoms with Gasteiger partial charge in [0.2, 0.25) is 0 Å². The molecule has 0 aliphatic rings. The Morgan fingerprint density at radius 2 is 1.58 bits per heavy atom. The van der Waals surface area contributed by atoms with Gasteiger partial charge in [-0.3, -0.25) is 4.79 Å². The highest BCUT2D eigenvalue weighted by Crippen LogP contribution is 2.23. The first kappa shape index (κ1) is 24.1. The quantitative estimate of drug-likeness (QED) is 0.475. The lowest BCUT2D eigenvalue weighted by Crippen LogP contribution is -2.41. The fourth-order valence-electron chi connectivity index (χ4n) is 3.27. The van der Waals surface area contributed by atoms with Crippen LogP contribution in [-0.4, -0.2) is 12.0 Å². The Morgan fingerprint density at radius 1 is 0.935 bits per heavy atom. The van der Waals surface area contributed by atoms with Crippen LogP contribution in [0.1, 0.15) is 30.5 Å². The molecule has 0 heterocycles. The van der Waals surface area contributed by atoms with Crippen LogP contribution >= 0.6 is 12.4 Å². The summed E-state index contributed by atoms with van der Waals surface area (Å²) in [6.07, 6.45) is 0. The number of halogens is 1. The van der Waals surface area contributed by atoms with Gasteiger partial charge in [-0.05, 0) is 34.2 Å². The summed E-state index contributed by atoms with van der Waals surface area (Å²) in [4.78, 5) is 12.6. The summed E-state index contributed by atoms with van der Waals surface area (Å²) in [5.74, 6) is -0.136. The van der Waals surface area contributed by atoms with Gasteiger partial charge in [-0.1, -0.05) is 86.6 Å². The van der Waals surface area contributed by atoms with Crippen LogP contribution in [0, 0.1) is 17.2 Å². The number of nitrogens with zero attached hydrogens (tertiary/aromatic N) is 1. The van der Waals surface area contributed by atoms with E-state index in [1.807, 2.05) is 92.7 Å². The van der Waals surface area contributed by atoms with Crippen molar-refractivity contribution >= 4 is 18.4 Å². The summed E-state index contributed by atoms with van der Waals surface area (Å²) in [6.45, 7) is 4.84. The van der Waals surface area contributed by atoms with Gasteiger partial charge < -0.3 is 10.1 Å². The zero-order chi connectivity index (χ0) is 21.3. The molecule has 3 aromatic rings. The average molecular weight is 435 g/mol. The molecular weight excluding hydrogens is 408 g/mol. The molecule has 0 radical (unpaired) electrons. The largest absolute Gasteiger partial charge is 0.460 e. The van der Waals surface area contributed by atoms with Crippen LogP contribution < -0.4 is 5.32 Å². The lowest BCUT2D eigenvalue weighted by molar-refractivity contribution is -0.148. The fourth-order valence-corrected chi connectivity index (χ4v) is 3.27. The van der Waals surface area contributed by atoms with Gasteiger partial charge in [-0.15, -0.1) is 12.4 Å². The number of hydrogen-bond acceptors (Lipinski definition) is 4. The van der Waals surface area contributed by atoms with Gasteiger partial charge in [0.25, 0.3) is 0 Å². The summed E-state index contributed by atoms with van der Waals surface area (Å²) in [5.41, 5.74) is 4.61. The average Bonchev–Trinajstić information content (AvgIpc) is 2.78. The number of benzene rings is 3. The molecule has 0 saturated carbocycles. The van der Waals surface area contributed by atoms with E-state index in [0.29, 0.717) is 12.1 Å². The van der Waals surface area contributed by atoms with Crippen molar-refractivity contribution in [2.75, 3.05) is 0 Å². The lowest BCUT2D eigenvalue weighted by Gasteiger charge is -2.21. The smallest absolute Gasteiger partial charge is 0.323 e. The van der Waals surface area contributed by atoms with E-state index in [2.05, 4.69) is 11.4 Å². The van der Waals surface area contributed by atoms with Crippen LogP contribution in [0.5, 0.6) is 0 Å². The van der Waals surface area contributed by atoms with Crippen LogP contribution in [0.2, 0.25) is 0 Å². The number of carbonyl (C=O) groups excluding carboxylic acids is 1. The Morgan fingerprint density at radius 3 is 2.23 bits per heavy atom. The molecule has 160 valence electrons. The lowest BCUT2D eigenvalue weighted by atomic mass is 9.99. The molecule has 3 rings (SSSR count). The Bertz CT molecular complexity index is 1010. The van der Waals surface area contributed by atoms with Crippen LogP contribution in [0.15, 0.2) is 78.9 Å². The number of hydrogen-bond donors (Lipinski definition) is 1. The first-order valence-electron chi connectivity index (χ1n) is 10.1. The van der Waals surface area contributed by atoms with E-state index in [0.717, 1.165) is 22.3 Å². The van der Waals surface area contributed by atoms with E-state index in [1.54, 1.807) is 0 Å². The Labute approximate surface area is 190 Å². The molecule has 3 aromatic carbocycles. The molecule has 0 spiro atoms. The maximum absolute atomic E-state index is 12.6. The Hall–Kier alpha value is -3.13. The van der Waals surface area contributed by atoms with Crippen LogP contribution in [0.25, 0.3) is 11.1 Å². The molecule has 0 fully saturated rings. The van der Waals surface area contributed by atoms with Crippen LogP contribution in [0.3, 0.4) is 0 Å². The molecule has 0 aromatic heterocycles. The third-order valence-corrected chi connectivity index (χ3v) is 4.98. The second-order valence-electron chi connectivity index (χ2n) is 7.55. The van der Waals surface area contributed by atoms with E-state index in [4.69, 9.17) is 4.74 Å². The molecule has 0 aliphatic carbocycles. The number of ether oxygens (including phenoxy) is 1. The van der Waals surface area contributed by atoms with E-state index in [1.165, 1.54) is 0 Å². The minimum Gasteiger partial charge on any atom is -0.460 e. The monoisotopic (exact) mass is 434 g/mol. The zero-order valence-corrected chi connectivity index (χ0v) is 18.6. The molecule has 0 saturated heterocycles. The second-order valence-corrected chi connectivity index (χ2v) is 7.55. The predicted octanol–water partition coefficient (Wildman–Crippen LogP) is 5.50. The van der Waals surface area contributed by atoms with Gasteiger partial charge in [-0.25, -0.2) is 0 Å². The molecule has 0 amide bonds. The zero-order valence-electron chi connectivity index (χ0n) is 17.7. The Kier molecular flexibility index (Phi) is 9.27. The van der Waals surface area contributed by atoms with Gasteiger partial charge in [0.1, 0.15) is 12.6 Å². The van der Waals surface area contributed by atoms with Gasteiger partial charge in [0.05, 0.1) is 11.6 Å². The van der Waals surface area contributed by atoms with Gasteiger partial charge >= 0.3 is 5.97 Å². The number of esters is 1. The highest BCUT2D eigenvalue weighted by molar-refractivity contribution is 5.85. The SMILES string of the molecule is CC(C)[C@H](NCc1ccc(-c2ccccc2C#N)cc1)C(=O)OCc1ccccc1.Cl. The minimum atomic E-state index is -0.382. The van der Waals surface area contributed by atoms with Crippen molar-refractivity contribution in [3.63, 3.8) is 0 Å². The first-order valence-corrected chi connectivity index (χ1v) is 10.1. The molecule has 4 nitrogen and oxygen atoms in total. The highest BCUT2D eigenvalue weighted by atomic mass is 35.5. The number of nitrogens with one attached hydrogen (secondary N) is 1. The molecule has 1 atom stereocenters. The summed E-state index contributed by atoms with van der Waals surface area (Å²) in [6, 6.07) is 27.1. The van der Waals surface area contributed by atoms with E-state index in [9.17, 15) is 10.1 Å². The van der Waals surface area contributed by atoms with Crippen LogP contribution in [-0.2, 0) is 22.7 Å². The fraction of sp³-hybridized carbons (Fsp3) is 0.231. The van der Waals surface area contributed by atoms with E-state index >= 15 is 0 Å². The van der Waals surface area contributed by atoms with Crippen molar-refractivity contribution < 1.29 is 9.53 Å². The summed E-state index contributed by atoms with van der Waals surface area (Å²) in [7, 11) is 0. The number of nitriles is 1. The van der Waals surface area contributed by atoms with Crippen molar-refractivity contribution in [2.24, 2.45) is 5.92 Å². The first-order chi connectivity index (χ1) is 14.6. The summed E-state index contributed by atoms with van der Waals surface area (Å²) < 4.78 is 5.51. The van der Waals surface area contributed by atoms with Crippen LogP contribution in [0.4, 0.5) is 0 Å². The molecule has 5 heteroatoms. The summed E-state index contributed by atoms with van der Waals surface area (Å²) in [5, 5.41) is 12.6. The maximum atomic E-state index is 12.6. The van der Waals surface area contributed by atoms with Crippen molar-refractivity contribution in [1.82, 2.24) is 5.32 Å². The van der Waals surface area contributed by atoms with Crippen molar-refractivity contribution in [3.05, 3.63) is 95.6 Å². The van der Waals surface area contributed by atoms with Crippen molar-refractivity contribution in [3.8, 4) is 17.2 Å². The number of carbonyl (C=O) groups is 1. The normalized spacial score (nSPS) is 11.3. The summed E-state index contributed by atoms with van der Waals surface area (Å²) >= 11 is 0. The minimum absolute atomic E-state index is 0. The van der Waals surface area contributed by atoms with E-state index in [-0.39, 0.29) is 36.9 Å². The molecule has 0 aliphatic heterocycles. The predicted molar refractivity (Wildman–Crippen MR) is 126 cm³/mol.